The molecular weight excluding hydrogens is 611 g/mol. The van der Waals surface area contributed by atoms with Crippen LogP contribution in [0, 0.1) is 34.0 Å². The number of nitrogens with zero attached hydrogens (tertiary/aromatic N) is 5. The van der Waals surface area contributed by atoms with Gasteiger partial charge in [-0.3, -0.25) is 0 Å². The topological polar surface area (TPSA) is 81.2 Å². The first-order valence-electron chi connectivity index (χ1n) is 16.3. The SMILES string of the molecule is N#Cc1ccc(-c2ccc(-c3ccc(-n4c5ccccc5c5cc(C#N)ccc54)c(C#N)c3)cc2)c(-n2c3ccccc3c3ccccc32)c1. The van der Waals surface area contributed by atoms with Crippen molar-refractivity contribution in [2.75, 3.05) is 0 Å². The van der Waals surface area contributed by atoms with E-state index in [1.54, 1.807) is 0 Å². The van der Waals surface area contributed by atoms with Gasteiger partial charge in [-0.2, -0.15) is 15.8 Å². The minimum Gasteiger partial charge on any atom is -0.309 e. The minimum atomic E-state index is 0.555. The van der Waals surface area contributed by atoms with Gasteiger partial charge in [-0.1, -0.05) is 91.0 Å². The minimum absolute atomic E-state index is 0.555. The van der Waals surface area contributed by atoms with Crippen molar-refractivity contribution in [1.82, 2.24) is 9.13 Å². The van der Waals surface area contributed by atoms with E-state index < -0.39 is 0 Å². The second-order valence-corrected chi connectivity index (χ2v) is 12.3. The van der Waals surface area contributed by atoms with Crippen molar-refractivity contribution in [3.8, 4) is 51.8 Å². The molecule has 230 valence electrons. The van der Waals surface area contributed by atoms with Gasteiger partial charge in [-0.15, -0.1) is 0 Å². The zero-order chi connectivity index (χ0) is 33.8. The second kappa shape index (κ2) is 11.4. The summed E-state index contributed by atoms with van der Waals surface area (Å²) in [6.45, 7) is 0. The van der Waals surface area contributed by atoms with Crippen molar-refractivity contribution in [2.45, 2.75) is 0 Å². The van der Waals surface area contributed by atoms with Gasteiger partial charge in [-0.05, 0) is 77.4 Å². The van der Waals surface area contributed by atoms with Crippen LogP contribution in [-0.2, 0) is 0 Å². The van der Waals surface area contributed by atoms with Gasteiger partial charge in [0, 0.05) is 27.1 Å². The van der Waals surface area contributed by atoms with Crippen molar-refractivity contribution in [3.05, 3.63) is 168 Å². The Bertz CT molecular complexity index is 2900. The average molecular weight is 636 g/mol. The smallest absolute Gasteiger partial charge is 0.101 e. The van der Waals surface area contributed by atoms with Crippen LogP contribution in [0.25, 0.3) is 77.2 Å². The number of rotatable bonds is 4. The third-order valence-electron chi connectivity index (χ3n) is 9.64. The van der Waals surface area contributed by atoms with Crippen LogP contribution in [0.1, 0.15) is 16.7 Å². The first kappa shape index (κ1) is 28.8. The van der Waals surface area contributed by atoms with E-state index in [4.69, 9.17) is 0 Å². The van der Waals surface area contributed by atoms with Crippen LogP contribution in [0.2, 0.25) is 0 Å². The Morgan fingerprint density at radius 3 is 1.48 bits per heavy atom. The highest BCUT2D eigenvalue weighted by Crippen LogP contribution is 2.38. The van der Waals surface area contributed by atoms with E-state index in [1.165, 1.54) is 0 Å². The molecule has 0 radical (unpaired) electrons. The summed E-state index contributed by atoms with van der Waals surface area (Å²) >= 11 is 0. The first-order valence-corrected chi connectivity index (χ1v) is 16.3. The van der Waals surface area contributed by atoms with Gasteiger partial charge in [0.1, 0.15) is 6.07 Å². The summed E-state index contributed by atoms with van der Waals surface area (Å²) in [6, 6.07) is 57.8. The largest absolute Gasteiger partial charge is 0.309 e. The number of nitriles is 3. The average Bonchev–Trinajstić information content (AvgIpc) is 3.70. The maximum atomic E-state index is 10.4. The molecule has 2 aromatic heterocycles. The van der Waals surface area contributed by atoms with Crippen molar-refractivity contribution < 1.29 is 0 Å². The predicted octanol–water partition coefficient (Wildman–Crippen LogP) is 10.8. The molecule has 0 spiro atoms. The van der Waals surface area contributed by atoms with E-state index in [-0.39, 0.29) is 0 Å². The summed E-state index contributed by atoms with van der Waals surface area (Å²) in [6.07, 6.45) is 0. The maximum Gasteiger partial charge on any atom is 0.101 e. The summed E-state index contributed by atoms with van der Waals surface area (Å²) in [7, 11) is 0. The molecule has 0 saturated carbocycles. The normalized spacial score (nSPS) is 11.1. The van der Waals surface area contributed by atoms with Crippen LogP contribution in [0.5, 0.6) is 0 Å². The van der Waals surface area contributed by atoms with Crippen LogP contribution in [-0.4, -0.2) is 9.13 Å². The Labute approximate surface area is 287 Å². The Hall–Kier alpha value is -7.39. The van der Waals surface area contributed by atoms with Crippen LogP contribution in [0.15, 0.2) is 152 Å². The quantitative estimate of drug-likeness (QED) is 0.193. The van der Waals surface area contributed by atoms with Crippen LogP contribution < -0.4 is 0 Å². The van der Waals surface area contributed by atoms with Gasteiger partial charge >= 0.3 is 0 Å². The first-order chi connectivity index (χ1) is 24.7. The number of para-hydroxylation sites is 3. The molecule has 2 heterocycles. The van der Waals surface area contributed by atoms with E-state index in [1.807, 2.05) is 78.9 Å². The number of hydrogen-bond donors (Lipinski definition) is 0. The van der Waals surface area contributed by atoms with Gasteiger partial charge in [0.05, 0.1) is 62.3 Å². The highest BCUT2D eigenvalue weighted by atomic mass is 15.0. The number of hydrogen-bond acceptors (Lipinski definition) is 3. The van der Waals surface area contributed by atoms with E-state index >= 15 is 0 Å². The van der Waals surface area contributed by atoms with Crippen molar-refractivity contribution in [3.63, 3.8) is 0 Å². The molecule has 0 atom stereocenters. The molecule has 7 aromatic carbocycles. The van der Waals surface area contributed by atoms with Crippen LogP contribution in [0.3, 0.4) is 0 Å². The van der Waals surface area contributed by atoms with Gasteiger partial charge in [0.15, 0.2) is 0 Å². The van der Waals surface area contributed by atoms with Crippen LogP contribution in [0.4, 0.5) is 0 Å². The molecule has 0 saturated heterocycles. The molecule has 5 heteroatoms. The lowest BCUT2D eigenvalue weighted by atomic mass is 9.97. The standard InChI is InChI=1S/C45H25N5/c46-26-29-14-21-44-39(23-29)38-9-3-6-12-43(38)49(44)40-22-19-33(25-34(40)28-48)31-15-17-32(18-16-31)35-20-13-30(27-47)24-45(35)50-41-10-4-1-7-36(41)37-8-2-5-11-42(37)50/h1-25H. The molecule has 0 unspecified atom stereocenters. The lowest BCUT2D eigenvalue weighted by Gasteiger charge is -2.15. The monoisotopic (exact) mass is 635 g/mol. The van der Waals surface area contributed by atoms with Gasteiger partial charge < -0.3 is 9.13 Å². The van der Waals surface area contributed by atoms with E-state index in [2.05, 4.69) is 100 Å². The molecule has 0 bridgehead atoms. The highest BCUT2D eigenvalue weighted by Gasteiger charge is 2.18. The molecule has 0 fully saturated rings. The summed E-state index contributed by atoms with van der Waals surface area (Å²) < 4.78 is 4.36. The van der Waals surface area contributed by atoms with E-state index in [0.29, 0.717) is 16.7 Å². The Kier molecular flexibility index (Phi) is 6.56. The fraction of sp³-hybridized carbons (Fsp3) is 0. The molecule has 0 aliphatic carbocycles. The Balaban J connectivity index is 1.15. The predicted molar refractivity (Wildman–Crippen MR) is 200 cm³/mol. The number of aromatic nitrogens is 2. The molecule has 0 N–H and O–H groups in total. The lowest BCUT2D eigenvalue weighted by molar-refractivity contribution is 1.17. The lowest BCUT2D eigenvalue weighted by Crippen LogP contribution is -1.99. The molecule has 9 aromatic rings. The molecule has 0 aliphatic heterocycles. The summed E-state index contributed by atoms with van der Waals surface area (Å²) in [5.41, 5.74) is 11.5. The highest BCUT2D eigenvalue weighted by molar-refractivity contribution is 6.11. The number of benzene rings is 7. The Morgan fingerprint density at radius 1 is 0.360 bits per heavy atom. The molecule has 0 amide bonds. The van der Waals surface area contributed by atoms with Gasteiger partial charge in [0.25, 0.3) is 0 Å². The Morgan fingerprint density at radius 2 is 0.860 bits per heavy atom. The van der Waals surface area contributed by atoms with Crippen molar-refractivity contribution >= 4 is 43.6 Å². The summed E-state index contributed by atoms with van der Waals surface area (Å²) in [4.78, 5) is 0. The summed E-state index contributed by atoms with van der Waals surface area (Å²) in [5, 5.41) is 34.1. The fourth-order valence-corrected chi connectivity index (χ4v) is 7.36. The third kappa shape index (κ3) is 4.38. The second-order valence-electron chi connectivity index (χ2n) is 12.3. The number of fused-ring (bicyclic) bond motifs is 6. The molecule has 0 aliphatic rings. The molecule has 5 nitrogen and oxygen atoms in total. The third-order valence-corrected chi connectivity index (χ3v) is 9.64. The van der Waals surface area contributed by atoms with Crippen molar-refractivity contribution in [1.29, 1.82) is 15.8 Å². The van der Waals surface area contributed by atoms with E-state index in [0.717, 1.165) is 77.2 Å². The maximum absolute atomic E-state index is 10.4. The zero-order valence-corrected chi connectivity index (χ0v) is 26.7. The summed E-state index contributed by atoms with van der Waals surface area (Å²) in [5.74, 6) is 0. The van der Waals surface area contributed by atoms with Crippen LogP contribution >= 0.6 is 0 Å². The molecule has 50 heavy (non-hydrogen) atoms. The van der Waals surface area contributed by atoms with Gasteiger partial charge in [0.2, 0.25) is 0 Å². The molecule has 9 rings (SSSR count). The zero-order valence-electron chi connectivity index (χ0n) is 26.7. The fourth-order valence-electron chi connectivity index (χ4n) is 7.36. The van der Waals surface area contributed by atoms with Crippen molar-refractivity contribution in [2.24, 2.45) is 0 Å². The molecular formula is C45H25N5. The van der Waals surface area contributed by atoms with E-state index in [9.17, 15) is 15.8 Å². The van der Waals surface area contributed by atoms with Gasteiger partial charge in [-0.25, -0.2) is 0 Å².